The van der Waals surface area contributed by atoms with Crippen LogP contribution in [-0.4, -0.2) is 38.9 Å². The molecule has 1 heterocycles. The molecular weight excluding hydrogens is 134 g/mol. The molecule has 0 aliphatic carbocycles. The lowest BCUT2D eigenvalue weighted by atomic mass is 10.3. The largest absolute Gasteiger partial charge is 0.466 e. The van der Waals surface area contributed by atoms with Crippen LogP contribution >= 0.6 is 0 Å². The van der Waals surface area contributed by atoms with Gasteiger partial charge in [0.05, 0.1) is 19.3 Å². The molecule has 58 valence electrons. The topological polar surface area (TPSA) is 47.6 Å². The Morgan fingerprint density at radius 1 is 1.80 bits per heavy atom. The standard InChI is InChI=1S/C6H11NO3/c8-5-10-4-6-3-9-2-1-7-6/h5-7H,1-4H2/t6-/m0/s1. The Bertz CT molecular complexity index is 101. The highest BCUT2D eigenvalue weighted by Crippen LogP contribution is 1.92. The molecule has 0 radical (unpaired) electrons. The van der Waals surface area contributed by atoms with E-state index in [0.717, 1.165) is 13.2 Å². The van der Waals surface area contributed by atoms with Crippen molar-refractivity contribution in [2.24, 2.45) is 0 Å². The summed E-state index contributed by atoms with van der Waals surface area (Å²) in [5.41, 5.74) is 0. The molecule has 0 bridgehead atoms. The fraction of sp³-hybridized carbons (Fsp3) is 0.833. The van der Waals surface area contributed by atoms with Gasteiger partial charge in [-0.15, -0.1) is 0 Å². The van der Waals surface area contributed by atoms with E-state index in [9.17, 15) is 4.79 Å². The predicted molar refractivity (Wildman–Crippen MR) is 34.6 cm³/mol. The van der Waals surface area contributed by atoms with Crippen molar-refractivity contribution in [1.82, 2.24) is 5.32 Å². The van der Waals surface area contributed by atoms with Crippen LogP contribution in [0.5, 0.6) is 0 Å². The van der Waals surface area contributed by atoms with Crippen molar-refractivity contribution >= 4 is 6.47 Å². The highest BCUT2D eigenvalue weighted by molar-refractivity contribution is 5.36. The molecule has 4 nitrogen and oxygen atoms in total. The third-order valence-corrected chi connectivity index (χ3v) is 1.36. The van der Waals surface area contributed by atoms with Gasteiger partial charge in [0, 0.05) is 6.54 Å². The first-order valence-corrected chi connectivity index (χ1v) is 3.30. The second-order valence-electron chi connectivity index (χ2n) is 2.16. The van der Waals surface area contributed by atoms with Gasteiger partial charge in [0.15, 0.2) is 0 Å². The molecule has 1 N–H and O–H groups in total. The Morgan fingerprint density at radius 2 is 2.70 bits per heavy atom. The van der Waals surface area contributed by atoms with E-state index >= 15 is 0 Å². The van der Waals surface area contributed by atoms with E-state index < -0.39 is 0 Å². The molecule has 0 aromatic rings. The van der Waals surface area contributed by atoms with Crippen LogP contribution in [0.15, 0.2) is 0 Å². The molecule has 1 saturated heterocycles. The van der Waals surface area contributed by atoms with Gasteiger partial charge in [-0.1, -0.05) is 0 Å². The summed E-state index contributed by atoms with van der Waals surface area (Å²) in [6, 6.07) is 0.180. The number of hydrogen-bond donors (Lipinski definition) is 1. The van der Waals surface area contributed by atoms with Crippen LogP contribution < -0.4 is 5.32 Å². The third kappa shape index (κ3) is 2.33. The second-order valence-corrected chi connectivity index (χ2v) is 2.16. The second kappa shape index (κ2) is 4.24. The molecule has 1 rings (SSSR count). The van der Waals surface area contributed by atoms with Crippen molar-refractivity contribution < 1.29 is 14.3 Å². The quantitative estimate of drug-likeness (QED) is 0.525. The van der Waals surface area contributed by atoms with Crippen LogP contribution in [0.2, 0.25) is 0 Å². The first-order valence-electron chi connectivity index (χ1n) is 3.30. The lowest BCUT2D eigenvalue weighted by molar-refractivity contribution is -0.130. The highest BCUT2D eigenvalue weighted by atomic mass is 16.5. The van der Waals surface area contributed by atoms with E-state index in [1.54, 1.807) is 0 Å². The van der Waals surface area contributed by atoms with Gasteiger partial charge in [0.2, 0.25) is 0 Å². The Kier molecular flexibility index (Phi) is 3.18. The van der Waals surface area contributed by atoms with Gasteiger partial charge >= 0.3 is 0 Å². The monoisotopic (exact) mass is 145 g/mol. The molecule has 4 heteroatoms. The van der Waals surface area contributed by atoms with Crippen LogP contribution in [0.25, 0.3) is 0 Å². The minimum Gasteiger partial charge on any atom is -0.466 e. The van der Waals surface area contributed by atoms with E-state index in [2.05, 4.69) is 10.1 Å². The molecule has 0 amide bonds. The zero-order chi connectivity index (χ0) is 7.23. The maximum absolute atomic E-state index is 9.76. The molecule has 0 spiro atoms. The Labute approximate surface area is 59.5 Å². The summed E-state index contributed by atoms with van der Waals surface area (Å²) in [5, 5.41) is 3.14. The molecular formula is C6H11NO3. The molecule has 1 atom stereocenters. The minimum atomic E-state index is 0.180. The minimum absolute atomic E-state index is 0.180. The number of rotatable bonds is 3. The SMILES string of the molecule is O=COC[C@@H]1COCCN1. The number of nitrogens with one attached hydrogen (secondary N) is 1. The smallest absolute Gasteiger partial charge is 0.293 e. The molecule has 0 aromatic heterocycles. The fourth-order valence-electron chi connectivity index (χ4n) is 0.882. The Balaban J connectivity index is 2.07. The van der Waals surface area contributed by atoms with E-state index in [0.29, 0.717) is 19.7 Å². The van der Waals surface area contributed by atoms with Gasteiger partial charge in [-0.2, -0.15) is 0 Å². The van der Waals surface area contributed by atoms with Gasteiger partial charge in [0.25, 0.3) is 6.47 Å². The Hall–Kier alpha value is -0.610. The molecule has 1 aliphatic heterocycles. The summed E-state index contributed by atoms with van der Waals surface area (Å²) in [6.07, 6.45) is 0. The number of morpholine rings is 1. The number of hydrogen-bond acceptors (Lipinski definition) is 4. The molecule has 0 aromatic carbocycles. The lowest BCUT2D eigenvalue weighted by Gasteiger charge is -2.22. The summed E-state index contributed by atoms with van der Waals surface area (Å²) < 4.78 is 9.67. The third-order valence-electron chi connectivity index (χ3n) is 1.36. The van der Waals surface area contributed by atoms with Gasteiger partial charge < -0.3 is 14.8 Å². The van der Waals surface area contributed by atoms with Crippen LogP contribution in [-0.2, 0) is 14.3 Å². The van der Waals surface area contributed by atoms with E-state index in [-0.39, 0.29) is 6.04 Å². The molecule has 0 saturated carbocycles. The number of ether oxygens (including phenoxy) is 2. The first kappa shape index (κ1) is 7.50. The van der Waals surface area contributed by atoms with Crippen molar-refractivity contribution in [2.45, 2.75) is 6.04 Å². The van der Waals surface area contributed by atoms with Crippen molar-refractivity contribution in [3.05, 3.63) is 0 Å². The normalized spacial score (nSPS) is 25.8. The van der Waals surface area contributed by atoms with Crippen molar-refractivity contribution in [3.63, 3.8) is 0 Å². The van der Waals surface area contributed by atoms with Gasteiger partial charge in [-0.3, -0.25) is 4.79 Å². The van der Waals surface area contributed by atoms with Crippen LogP contribution in [0, 0.1) is 0 Å². The summed E-state index contributed by atoms with van der Waals surface area (Å²) in [6.45, 7) is 3.08. The van der Waals surface area contributed by atoms with Crippen LogP contribution in [0.4, 0.5) is 0 Å². The van der Waals surface area contributed by atoms with Gasteiger partial charge in [-0.05, 0) is 0 Å². The van der Waals surface area contributed by atoms with Crippen molar-refractivity contribution in [2.75, 3.05) is 26.4 Å². The van der Waals surface area contributed by atoms with E-state index in [1.807, 2.05) is 0 Å². The van der Waals surface area contributed by atoms with Crippen LogP contribution in [0.1, 0.15) is 0 Å². The lowest BCUT2D eigenvalue weighted by Crippen LogP contribution is -2.44. The van der Waals surface area contributed by atoms with Crippen molar-refractivity contribution in [3.8, 4) is 0 Å². The van der Waals surface area contributed by atoms with Gasteiger partial charge in [-0.25, -0.2) is 0 Å². The van der Waals surface area contributed by atoms with Crippen molar-refractivity contribution in [1.29, 1.82) is 0 Å². The number of carbonyl (C=O) groups is 1. The maximum atomic E-state index is 9.76. The average molecular weight is 145 g/mol. The zero-order valence-electron chi connectivity index (χ0n) is 5.71. The molecule has 0 unspecified atom stereocenters. The first-order chi connectivity index (χ1) is 4.93. The highest BCUT2D eigenvalue weighted by Gasteiger charge is 2.12. The van der Waals surface area contributed by atoms with E-state index in [4.69, 9.17) is 4.74 Å². The molecule has 1 fully saturated rings. The Morgan fingerprint density at radius 3 is 3.30 bits per heavy atom. The van der Waals surface area contributed by atoms with Crippen LogP contribution in [0.3, 0.4) is 0 Å². The van der Waals surface area contributed by atoms with Gasteiger partial charge in [0.1, 0.15) is 6.61 Å². The molecule has 1 aliphatic rings. The zero-order valence-corrected chi connectivity index (χ0v) is 5.71. The molecule has 10 heavy (non-hydrogen) atoms. The number of carbonyl (C=O) groups excluding carboxylic acids is 1. The maximum Gasteiger partial charge on any atom is 0.293 e. The van der Waals surface area contributed by atoms with E-state index in [1.165, 1.54) is 0 Å². The predicted octanol–water partition coefficient (Wildman–Crippen LogP) is -0.852. The summed E-state index contributed by atoms with van der Waals surface area (Å²) >= 11 is 0. The summed E-state index contributed by atoms with van der Waals surface area (Å²) in [7, 11) is 0. The summed E-state index contributed by atoms with van der Waals surface area (Å²) in [5.74, 6) is 0. The summed E-state index contributed by atoms with van der Waals surface area (Å²) in [4.78, 5) is 9.76. The average Bonchev–Trinajstić information content (AvgIpc) is 2.03. The fourth-order valence-corrected chi connectivity index (χ4v) is 0.882.